The first-order valence-electron chi connectivity index (χ1n) is 6.35. The molecule has 20 heavy (non-hydrogen) atoms. The van der Waals surface area contributed by atoms with Crippen molar-refractivity contribution in [1.29, 1.82) is 0 Å². The fourth-order valence-electron chi connectivity index (χ4n) is 1.89. The number of nitrogens with one attached hydrogen (secondary N) is 1. The first-order valence-corrected chi connectivity index (χ1v) is 6.35. The molecular weight excluding hydrogens is 260 g/mol. The molecule has 0 radical (unpaired) electrons. The first-order chi connectivity index (χ1) is 9.54. The van der Waals surface area contributed by atoms with Crippen LogP contribution in [0.3, 0.4) is 0 Å². The highest BCUT2D eigenvalue weighted by Gasteiger charge is 2.06. The zero-order chi connectivity index (χ0) is 14.5. The third-order valence-electron chi connectivity index (χ3n) is 3.02. The second-order valence-corrected chi connectivity index (χ2v) is 4.63. The van der Waals surface area contributed by atoms with E-state index in [-0.39, 0.29) is 17.5 Å². The smallest absolute Gasteiger partial charge is 0.224 e. The van der Waals surface area contributed by atoms with Crippen molar-refractivity contribution in [3.8, 4) is 0 Å². The number of carbonyl (C=O) groups excluding carboxylic acids is 1. The normalized spacial score (nSPS) is 10.3. The van der Waals surface area contributed by atoms with Crippen LogP contribution in [0.2, 0.25) is 0 Å². The second kappa shape index (κ2) is 6.28. The van der Waals surface area contributed by atoms with E-state index in [4.69, 9.17) is 0 Å². The van der Waals surface area contributed by atoms with Gasteiger partial charge in [-0.1, -0.05) is 12.1 Å². The lowest BCUT2D eigenvalue weighted by molar-refractivity contribution is -0.116. The number of anilines is 1. The second-order valence-electron chi connectivity index (χ2n) is 4.63. The predicted octanol–water partition coefficient (Wildman–Crippen LogP) is 3.84. The summed E-state index contributed by atoms with van der Waals surface area (Å²) in [4.78, 5) is 11.8. The Morgan fingerprint density at radius 2 is 1.70 bits per heavy atom. The van der Waals surface area contributed by atoms with E-state index in [9.17, 15) is 13.6 Å². The molecule has 0 aliphatic carbocycles. The number of aryl methyl sites for hydroxylation is 2. The van der Waals surface area contributed by atoms with Gasteiger partial charge in [-0.2, -0.15) is 0 Å². The van der Waals surface area contributed by atoms with E-state index in [1.165, 1.54) is 24.3 Å². The highest BCUT2D eigenvalue weighted by molar-refractivity contribution is 5.91. The van der Waals surface area contributed by atoms with E-state index in [0.29, 0.717) is 24.1 Å². The van der Waals surface area contributed by atoms with Gasteiger partial charge in [0.15, 0.2) is 0 Å². The molecule has 0 saturated carbocycles. The van der Waals surface area contributed by atoms with Crippen LogP contribution in [0.1, 0.15) is 17.5 Å². The Morgan fingerprint density at radius 1 is 1.05 bits per heavy atom. The van der Waals surface area contributed by atoms with Gasteiger partial charge < -0.3 is 5.32 Å². The molecule has 4 heteroatoms. The molecule has 0 aliphatic rings. The van der Waals surface area contributed by atoms with Crippen LogP contribution >= 0.6 is 0 Å². The van der Waals surface area contributed by atoms with Crippen molar-refractivity contribution in [3.05, 3.63) is 65.2 Å². The van der Waals surface area contributed by atoms with Gasteiger partial charge in [-0.3, -0.25) is 4.79 Å². The van der Waals surface area contributed by atoms with Crippen molar-refractivity contribution in [2.45, 2.75) is 19.8 Å². The van der Waals surface area contributed by atoms with Gasteiger partial charge in [0.1, 0.15) is 11.6 Å². The molecule has 2 aromatic carbocycles. The van der Waals surface area contributed by atoms with Crippen molar-refractivity contribution in [2.75, 3.05) is 5.32 Å². The van der Waals surface area contributed by atoms with Crippen LogP contribution in [0, 0.1) is 18.6 Å². The summed E-state index contributed by atoms with van der Waals surface area (Å²) in [6, 6.07) is 10.3. The van der Waals surface area contributed by atoms with Gasteiger partial charge in [0.25, 0.3) is 0 Å². The summed E-state index contributed by atoms with van der Waals surface area (Å²) < 4.78 is 25.7. The molecule has 1 amide bonds. The summed E-state index contributed by atoms with van der Waals surface area (Å²) in [5, 5.41) is 2.74. The fourth-order valence-corrected chi connectivity index (χ4v) is 1.89. The Balaban J connectivity index is 1.90. The van der Waals surface area contributed by atoms with Crippen LogP contribution in [-0.2, 0) is 11.2 Å². The zero-order valence-electron chi connectivity index (χ0n) is 11.1. The molecular formula is C16H15F2NO. The molecule has 0 saturated heterocycles. The third-order valence-corrected chi connectivity index (χ3v) is 3.02. The van der Waals surface area contributed by atoms with E-state index in [1.54, 1.807) is 25.1 Å². The van der Waals surface area contributed by atoms with Crippen molar-refractivity contribution in [1.82, 2.24) is 0 Å². The Hall–Kier alpha value is -2.23. The topological polar surface area (TPSA) is 29.1 Å². The van der Waals surface area contributed by atoms with Crippen LogP contribution in [0.5, 0.6) is 0 Å². The van der Waals surface area contributed by atoms with Gasteiger partial charge in [-0.25, -0.2) is 8.78 Å². The van der Waals surface area contributed by atoms with Gasteiger partial charge in [0, 0.05) is 12.1 Å². The van der Waals surface area contributed by atoms with Gasteiger partial charge in [0.2, 0.25) is 5.91 Å². The molecule has 0 unspecified atom stereocenters. The summed E-state index contributed by atoms with van der Waals surface area (Å²) in [5.74, 6) is -0.768. The maximum Gasteiger partial charge on any atom is 0.224 e. The zero-order valence-corrected chi connectivity index (χ0v) is 11.1. The largest absolute Gasteiger partial charge is 0.326 e. The van der Waals surface area contributed by atoms with Crippen LogP contribution in [-0.4, -0.2) is 5.91 Å². The average Bonchev–Trinajstić information content (AvgIpc) is 2.41. The standard InChI is InChI=1S/C16H15F2NO/c1-11-10-14(18)7-8-15(11)19-16(20)9-4-12-2-5-13(17)6-3-12/h2-3,5-8,10H,4,9H2,1H3,(H,19,20). The fraction of sp³-hybridized carbons (Fsp3) is 0.188. The van der Waals surface area contributed by atoms with Crippen LogP contribution < -0.4 is 5.32 Å². The van der Waals surface area contributed by atoms with Crippen LogP contribution in [0.25, 0.3) is 0 Å². The Kier molecular flexibility index (Phi) is 4.45. The van der Waals surface area contributed by atoms with Gasteiger partial charge in [0.05, 0.1) is 0 Å². The SMILES string of the molecule is Cc1cc(F)ccc1NC(=O)CCc1ccc(F)cc1. The molecule has 0 heterocycles. The number of halogens is 2. The van der Waals surface area contributed by atoms with E-state index >= 15 is 0 Å². The molecule has 0 spiro atoms. The van der Waals surface area contributed by atoms with E-state index in [0.717, 1.165) is 5.56 Å². The minimum atomic E-state index is -0.327. The van der Waals surface area contributed by atoms with Crippen molar-refractivity contribution in [2.24, 2.45) is 0 Å². The Labute approximate surface area is 116 Å². The van der Waals surface area contributed by atoms with E-state index in [1.807, 2.05) is 0 Å². The number of amides is 1. The molecule has 0 bridgehead atoms. The molecule has 0 aliphatic heterocycles. The number of hydrogen-bond donors (Lipinski definition) is 1. The molecule has 2 aromatic rings. The number of hydrogen-bond acceptors (Lipinski definition) is 1. The number of benzene rings is 2. The Bertz CT molecular complexity index is 608. The highest BCUT2D eigenvalue weighted by Crippen LogP contribution is 2.16. The van der Waals surface area contributed by atoms with Gasteiger partial charge >= 0.3 is 0 Å². The summed E-state index contributed by atoms with van der Waals surface area (Å²) in [6.45, 7) is 1.73. The first kappa shape index (κ1) is 14.2. The molecule has 2 rings (SSSR count). The predicted molar refractivity (Wildman–Crippen MR) is 74.5 cm³/mol. The number of carbonyl (C=O) groups is 1. The lowest BCUT2D eigenvalue weighted by Gasteiger charge is -2.08. The molecule has 104 valence electrons. The third kappa shape index (κ3) is 3.88. The summed E-state index contributed by atoms with van der Waals surface area (Å²) in [7, 11) is 0. The summed E-state index contributed by atoms with van der Waals surface area (Å²) >= 11 is 0. The van der Waals surface area contributed by atoms with E-state index in [2.05, 4.69) is 5.32 Å². The molecule has 0 atom stereocenters. The molecule has 1 N–H and O–H groups in total. The molecule has 2 nitrogen and oxygen atoms in total. The van der Waals surface area contributed by atoms with E-state index < -0.39 is 0 Å². The average molecular weight is 275 g/mol. The quantitative estimate of drug-likeness (QED) is 0.902. The summed E-state index contributed by atoms with van der Waals surface area (Å²) in [5.41, 5.74) is 2.19. The van der Waals surface area contributed by atoms with Crippen LogP contribution in [0.4, 0.5) is 14.5 Å². The number of rotatable bonds is 4. The van der Waals surface area contributed by atoms with Gasteiger partial charge in [-0.15, -0.1) is 0 Å². The highest BCUT2D eigenvalue weighted by atomic mass is 19.1. The maximum atomic E-state index is 12.9. The van der Waals surface area contributed by atoms with Crippen molar-refractivity contribution in [3.63, 3.8) is 0 Å². The molecule has 0 fully saturated rings. The van der Waals surface area contributed by atoms with Gasteiger partial charge in [-0.05, 0) is 54.8 Å². The molecule has 0 aromatic heterocycles. The monoisotopic (exact) mass is 275 g/mol. The lowest BCUT2D eigenvalue weighted by atomic mass is 10.1. The summed E-state index contributed by atoms with van der Waals surface area (Å²) in [6.07, 6.45) is 0.828. The lowest BCUT2D eigenvalue weighted by Crippen LogP contribution is -2.13. The van der Waals surface area contributed by atoms with Crippen molar-refractivity contribution < 1.29 is 13.6 Å². The minimum Gasteiger partial charge on any atom is -0.326 e. The maximum absolute atomic E-state index is 12.9. The van der Waals surface area contributed by atoms with Crippen molar-refractivity contribution >= 4 is 11.6 Å². The minimum absolute atomic E-state index is 0.149. The Morgan fingerprint density at radius 3 is 2.35 bits per heavy atom. The van der Waals surface area contributed by atoms with Crippen LogP contribution in [0.15, 0.2) is 42.5 Å².